The summed E-state index contributed by atoms with van der Waals surface area (Å²) < 4.78 is 0. The summed E-state index contributed by atoms with van der Waals surface area (Å²) in [6, 6.07) is 0. The molecule has 0 bridgehead atoms. The van der Waals surface area contributed by atoms with Gasteiger partial charge < -0.3 is 15.9 Å². The van der Waals surface area contributed by atoms with Crippen molar-refractivity contribution in [2.24, 2.45) is 5.73 Å². The van der Waals surface area contributed by atoms with Crippen LogP contribution in [0, 0.1) is 6.92 Å². The molecule has 78 valence electrons. The van der Waals surface area contributed by atoms with E-state index in [9.17, 15) is 15.0 Å². The van der Waals surface area contributed by atoms with Crippen LogP contribution in [0.25, 0.3) is 0 Å². The van der Waals surface area contributed by atoms with Gasteiger partial charge in [0.15, 0.2) is 0 Å². The molecule has 1 amide bonds. The van der Waals surface area contributed by atoms with Crippen molar-refractivity contribution in [3.05, 3.63) is 17.5 Å². The number of aliphatic hydroxyl groups is 2. The Hall–Kier alpha value is -1.40. The minimum atomic E-state index is -1.19. The van der Waals surface area contributed by atoms with Gasteiger partial charge in [-0.25, -0.2) is 0 Å². The number of rotatable bonds is 4. The van der Waals surface area contributed by atoms with Gasteiger partial charge in [-0.2, -0.15) is 5.10 Å². The van der Waals surface area contributed by atoms with Crippen molar-refractivity contribution in [3.63, 3.8) is 0 Å². The van der Waals surface area contributed by atoms with Crippen LogP contribution in [0.3, 0.4) is 0 Å². The molecular weight excluding hydrogens is 186 g/mol. The molecule has 0 radical (unpaired) electrons. The number of hydrogen-bond acceptors (Lipinski definition) is 4. The molecule has 1 heterocycles. The highest BCUT2D eigenvalue weighted by molar-refractivity contribution is 5.74. The Labute approximate surface area is 80.7 Å². The van der Waals surface area contributed by atoms with Crippen molar-refractivity contribution in [1.29, 1.82) is 0 Å². The summed E-state index contributed by atoms with van der Waals surface area (Å²) in [6.45, 7) is 1.71. The normalized spacial score (nSPS) is 15.1. The first kappa shape index (κ1) is 10.7. The molecule has 0 saturated heterocycles. The third kappa shape index (κ3) is 2.30. The average molecular weight is 199 g/mol. The molecule has 5 N–H and O–H groups in total. The number of primary amides is 1. The van der Waals surface area contributed by atoms with Gasteiger partial charge in [-0.3, -0.25) is 9.89 Å². The quantitative estimate of drug-likeness (QED) is 0.497. The minimum absolute atomic E-state index is 0.272. The maximum absolute atomic E-state index is 10.5. The molecule has 14 heavy (non-hydrogen) atoms. The van der Waals surface area contributed by atoms with E-state index >= 15 is 0 Å². The van der Waals surface area contributed by atoms with Gasteiger partial charge in [-0.15, -0.1) is 0 Å². The fraction of sp³-hybridized carbons (Fsp3) is 0.500. The molecule has 2 unspecified atom stereocenters. The summed E-state index contributed by atoms with van der Waals surface area (Å²) in [7, 11) is 0. The molecule has 1 rings (SSSR count). The Balaban J connectivity index is 2.70. The number of H-pyrrole nitrogens is 1. The van der Waals surface area contributed by atoms with Crippen molar-refractivity contribution < 1.29 is 15.0 Å². The molecule has 0 saturated carbocycles. The number of nitrogens with two attached hydrogens (primary N) is 1. The van der Waals surface area contributed by atoms with Crippen LogP contribution in [0.15, 0.2) is 6.20 Å². The summed E-state index contributed by atoms with van der Waals surface area (Å²) in [5.74, 6) is -0.655. The van der Waals surface area contributed by atoms with Crippen LogP contribution in [-0.4, -0.2) is 32.4 Å². The summed E-state index contributed by atoms with van der Waals surface area (Å²) in [4.78, 5) is 10.5. The van der Waals surface area contributed by atoms with E-state index in [0.717, 1.165) is 0 Å². The highest BCUT2D eigenvalue weighted by Gasteiger charge is 2.22. The summed E-state index contributed by atoms with van der Waals surface area (Å²) in [5, 5.41) is 25.3. The van der Waals surface area contributed by atoms with Gasteiger partial charge in [0.05, 0.1) is 18.7 Å². The monoisotopic (exact) mass is 199 g/mol. The Kier molecular flexibility index (Phi) is 3.21. The van der Waals surface area contributed by atoms with E-state index in [1.54, 1.807) is 6.92 Å². The van der Waals surface area contributed by atoms with Crippen LogP contribution in [-0.2, 0) is 4.79 Å². The van der Waals surface area contributed by atoms with Gasteiger partial charge in [-0.05, 0) is 6.92 Å². The van der Waals surface area contributed by atoms with Gasteiger partial charge in [0.25, 0.3) is 0 Å². The Bertz CT molecular complexity index is 323. The second-order valence-corrected chi connectivity index (χ2v) is 3.13. The second kappa shape index (κ2) is 4.21. The van der Waals surface area contributed by atoms with E-state index in [0.29, 0.717) is 11.3 Å². The SMILES string of the molecule is Cc1[nH]ncc1C(O)C(O)CC(N)=O. The zero-order valence-corrected chi connectivity index (χ0v) is 7.77. The topological polar surface area (TPSA) is 112 Å². The number of amides is 1. The van der Waals surface area contributed by atoms with E-state index in [-0.39, 0.29) is 6.42 Å². The van der Waals surface area contributed by atoms with Gasteiger partial charge in [-0.1, -0.05) is 0 Å². The second-order valence-electron chi connectivity index (χ2n) is 3.13. The number of aryl methyl sites for hydroxylation is 1. The Morgan fingerprint density at radius 3 is 2.79 bits per heavy atom. The number of aromatic nitrogens is 2. The summed E-state index contributed by atoms with van der Waals surface area (Å²) in [5.41, 5.74) is 6.01. The molecule has 0 fully saturated rings. The molecule has 1 aromatic heterocycles. The first-order chi connectivity index (χ1) is 6.52. The largest absolute Gasteiger partial charge is 0.390 e. The zero-order chi connectivity index (χ0) is 10.7. The van der Waals surface area contributed by atoms with E-state index in [2.05, 4.69) is 10.2 Å². The number of hydrogen-bond donors (Lipinski definition) is 4. The first-order valence-electron chi connectivity index (χ1n) is 4.16. The van der Waals surface area contributed by atoms with Crippen LogP contribution >= 0.6 is 0 Å². The van der Waals surface area contributed by atoms with Crippen molar-refractivity contribution >= 4 is 5.91 Å². The van der Waals surface area contributed by atoms with E-state index in [4.69, 9.17) is 5.73 Å². The number of aliphatic hydroxyl groups excluding tert-OH is 2. The van der Waals surface area contributed by atoms with Crippen molar-refractivity contribution in [2.45, 2.75) is 25.6 Å². The Morgan fingerprint density at radius 1 is 1.71 bits per heavy atom. The lowest BCUT2D eigenvalue weighted by Crippen LogP contribution is -2.25. The fourth-order valence-electron chi connectivity index (χ4n) is 1.18. The Morgan fingerprint density at radius 2 is 2.36 bits per heavy atom. The van der Waals surface area contributed by atoms with Crippen LogP contribution in [0.4, 0.5) is 0 Å². The van der Waals surface area contributed by atoms with Crippen molar-refractivity contribution in [1.82, 2.24) is 10.2 Å². The van der Waals surface area contributed by atoms with E-state index in [1.807, 2.05) is 0 Å². The van der Waals surface area contributed by atoms with Gasteiger partial charge in [0, 0.05) is 11.3 Å². The van der Waals surface area contributed by atoms with E-state index < -0.39 is 18.1 Å². The van der Waals surface area contributed by atoms with Crippen LogP contribution in [0.1, 0.15) is 23.8 Å². The lowest BCUT2D eigenvalue weighted by Gasteiger charge is -2.15. The standard InChI is InChI=1S/C8H13N3O3/c1-4-5(3-10-11-4)8(14)6(12)2-7(9)13/h3,6,8,12,14H,2H2,1H3,(H2,9,13)(H,10,11). The van der Waals surface area contributed by atoms with Gasteiger partial charge >= 0.3 is 0 Å². The number of carbonyl (C=O) groups excluding carboxylic acids is 1. The smallest absolute Gasteiger partial charge is 0.220 e. The molecule has 0 aliphatic heterocycles. The van der Waals surface area contributed by atoms with Gasteiger partial charge in [0.2, 0.25) is 5.91 Å². The molecule has 1 aromatic rings. The number of nitrogens with one attached hydrogen (secondary N) is 1. The predicted octanol–water partition coefficient (Wildman–Crippen LogP) is -1.01. The van der Waals surface area contributed by atoms with E-state index in [1.165, 1.54) is 6.20 Å². The van der Waals surface area contributed by atoms with Crippen molar-refractivity contribution in [3.8, 4) is 0 Å². The van der Waals surface area contributed by atoms with Gasteiger partial charge in [0.1, 0.15) is 6.10 Å². The van der Waals surface area contributed by atoms with Crippen molar-refractivity contribution in [2.75, 3.05) is 0 Å². The molecule has 6 nitrogen and oxygen atoms in total. The highest BCUT2D eigenvalue weighted by atomic mass is 16.3. The number of carbonyl (C=O) groups is 1. The van der Waals surface area contributed by atoms with Crippen LogP contribution < -0.4 is 5.73 Å². The molecular formula is C8H13N3O3. The lowest BCUT2D eigenvalue weighted by molar-refractivity contribution is -0.121. The highest BCUT2D eigenvalue weighted by Crippen LogP contribution is 2.20. The predicted molar refractivity (Wildman–Crippen MR) is 48.1 cm³/mol. The lowest BCUT2D eigenvalue weighted by atomic mass is 10.0. The minimum Gasteiger partial charge on any atom is -0.390 e. The molecule has 0 spiro atoms. The molecule has 0 aliphatic rings. The molecule has 0 aromatic carbocycles. The fourth-order valence-corrected chi connectivity index (χ4v) is 1.18. The third-order valence-corrected chi connectivity index (χ3v) is 1.96. The van der Waals surface area contributed by atoms with Crippen LogP contribution in [0.5, 0.6) is 0 Å². The average Bonchev–Trinajstić information content (AvgIpc) is 2.48. The zero-order valence-electron chi connectivity index (χ0n) is 7.77. The number of nitrogens with zero attached hydrogens (tertiary/aromatic N) is 1. The molecule has 6 heteroatoms. The molecule has 0 aliphatic carbocycles. The number of aromatic amines is 1. The van der Waals surface area contributed by atoms with Crippen LogP contribution in [0.2, 0.25) is 0 Å². The molecule has 2 atom stereocenters. The third-order valence-electron chi connectivity index (χ3n) is 1.96. The maximum atomic E-state index is 10.5. The summed E-state index contributed by atoms with van der Waals surface area (Å²) in [6.07, 6.45) is -1.19. The summed E-state index contributed by atoms with van der Waals surface area (Å²) >= 11 is 0. The maximum Gasteiger partial charge on any atom is 0.220 e. The first-order valence-corrected chi connectivity index (χ1v) is 4.16.